The molecule has 2 aromatic rings. The molecule has 1 aliphatic rings. The van der Waals surface area contributed by atoms with Crippen LogP contribution in [0.2, 0.25) is 0 Å². The molecule has 3 rings (SSSR count). The van der Waals surface area contributed by atoms with E-state index >= 15 is 0 Å². The van der Waals surface area contributed by atoms with Gasteiger partial charge in [0.25, 0.3) is 5.91 Å². The number of hydrogen-bond acceptors (Lipinski definition) is 4. The Kier molecular flexibility index (Phi) is 24.2. The molecule has 1 aliphatic carbocycles. The summed E-state index contributed by atoms with van der Waals surface area (Å²) in [5.74, 6) is -0.0204. The molecule has 6 N–H and O–H groups in total. The number of allylic oxidation sites excluding steroid dienone is 4. The van der Waals surface area contributed by atoms with Gasteiger partial charge in [-0.2, -0.15) is 0 Å². The van der Waals surface area contributed by atoms with E-state index in [4.69, 9.17) is 11.5 Å². The Morgan fingerprint density at radius 3 is 1.68 bits per heavy atom. The third-order valence-corrected chi connectivity index (χ3v) is 4.16. The maximum atomic E-state index is 11.8. The van der Waals surface area contributed by atoms with Gasteiger partial charge in [0, 0.05) is 34.8 Å². The van der Waals surface area contributed by atoms with Gasteiger partial charge in [0.15, 0.2) is 0 Å². The molecule has 0 saturated carbocycles. The number of anilines is 2. The largest absolute Gasteiger partial charge is 0.402 e. The fourth-order valence-electron chi connectivity index (χ4n) is 2.59. The normalized spacial score (nSPS) is 11.0. The highest BCUT2D eigenvalue weighted by atomic mass is 16.2. The number of nitrogens with one attached hydrogen (secondary N) is 2. The average molecular weight is 525 g/mol. The molecule has 0 radical (unpaired) electrons. The molecule has 0 fully saturated rings. The van der Waals surface area contributed by atoms with Crippen LogP contribution in [-0.4, -0.2) is 11.8 Å². The molecule has 0 aromatic heterocycles. The molecule has 0 heterocycles. The first kappa shape index (κ1) is 36.6. The summed E-state index contributed by atoms with van der Waals surface area (Å²) in [6.07, 6.45) is 10.7. The molecule has 0 spiro atoms. The van der Waals surface area contributed by atoms with Crippen molar-refractivity contribution in [3.05, 3.63) is 83.7 Å². The first-order valence-electron chi connectivity index (χ1n) is 13.9. The first-order chi connectivity index (χ1) is 18.2. The topological polar surface area (TPSA) is 110 Å². The monoisotopic (exact) mass is 524 g/mol. The second-order valence-corrected chi connectivity index (χ2v) is 8.80. The van der Waals surface area contributed by atoms with Gasteiger partial charge in [-0.25, -0.2) is 0 Å². The predicted molar refractivity (Wildman–Crippen MR) is 166 cm³/mol. The second-order valence-electron chi connectivity index (χ2n) is 8.80. The SMILES string of the molecule is CCC.CCC.CCC.CCCC(=O)NC1=CC=C(N)CC1.Nc1ccc(NC(=O)c2ccccc2)cc1. The Labute approximate surface area is 232 Å². The van der Waals surface area contributed by atoms with E-state index < -0.39 is 0 Å². The zero-order valence-corrected chi connectivity index (χ0v) is 24.8. The lowest BCUT2D eigenvalue weighted by Crippen LogP contribution is -2.23. The zero-order chi connectivity index (χ0) is 29.2. The summed E-state index contributed by atoms with van der Waals surface area (Å²) in [7, 11) is 0. The Morgan fingerprint density at radius 1 is 0.711 bits per heavy atom. The third-order valence-electron chi connectivity index (χ3n) is 4.16. The molecule has 0 aliphatic heterocycles. The number of carbonyl (C=O) groups excluding carboxylic acids is 2. The molecule has 212 valence electrons. The summed E-state index contributed by atoms with van der Waals surface area (Å²) in [4.78, 5) is 22.9. The van der Waals surface area contributed by atoms with Crippen molar-refractivity contribution in [3.8, 4) is 0 Å². The van der Waals surface area contributed by atoms with E-state index in [0.717, 1.165) is 36.3 Å². The Hall–Kier alpha value is -3.54. The standard InChI is InChI=1S/C13H12N2O.C10H16N2O.3C3H8/c14-11-6-8-12(9-7-11)15-13(16)10-4-2-1-3-5-10;1-2-3-10(13)12-9-6-4-8(11)5-7-9;3*1-3-2/h1-9H,14H2,(H,15,16);4,6H,2-3,5,7,11H2,1H3,(H,12,13);3*3H2,1-2H3. The molecule has 0 bridgehead atoms. The maximum Gasteiger partial charge on any atom is 0.255 e. The van der Waals surface area contributed by atoms with Gasteiger partial charge in [-0.1, -0.05) is 85.9 Å². The first-order valence-corrected chi connectivity index (χ1v) is 13.9. The number of nitrogen functional groups attached to an aromatic ring is 1. The maximum absolute atomic E-state index is 11.8. The van der Waals surface area contributed by atoms with Gasteiger partial charge in [-0.3, -0.25) is 9.59 Å². The lowest BCUT2D eigenvalue weighted by molar-refractivity contribution is -0.120. The third kappa shape index (κ3) is 20.6. The summed E-state index contributed by atoms with van der Waals surface area (Å²) >= 11 is 0. The van der Waals surface area contributed by atoms with Gasteiger partial charge in [0.05, 0.1) is 0 Å². The van der Waals surface area contributed by atoms with Crippen molar-refractivity contribution in [3.63, 3.8) is 0 Å². The molecule has 0 atom stereocenters. The number of amides is 2. The lowest BCUT2D eigenvalue weighted by atomic mass is 10.1. The van der Waals surface area contributed by atoms with Crippen molar-refractivity contribution in [2.75, 3.05) is 11.1 Å². The van der Waals surface area contributed by atoms with E-state index in [1.807, 2.05) is 37.3 Å². The molecule has 6 heteroatoms. The van der Waals surface area contributed by atoms with Gasteiger partial charge in [0.2, 0.25) is 5.91 Å². The summed E-state index contributed by atoms with van der Waals surface area (Å²) in [5.41, 5.74) is 15.1. The summed E-state index contributed by atoms with van der Waals surface area (Å²) in [6, 6.07) is 16.1. The number of hydrogen-bond donors (Lipinski definition) is 4. The van der Waals surface area contributed by atoms with E-state index in [1.165, 1.54) is 19.3 Å². The number of rotatable bonds is 5. The van der Waals surface area contributed by atoms with Crippen molar-refractivity contribution in [1.29, 1.82) is 0 Å². The van der Waals surface area contributed by atoms with E-state index in [0.29, 0.717) is 17.7 Å². The van der Waals surface area contributed by atoms with Crippen molar-refractivity contribution in [2.45, 2.75) is 93.4 Å². The fourth-order valence-corrected chi connectivity index (χ4v) is 2.59. The van der Waals surface area contributed by atoms with Crippen LogP contribution in [0.4, 0.5) is 11.4 Å². The fraction of sp³-hybridized carbons (Fsp3) is 0.438. The summed E-state index contributed by atoms with van der Waals surface area (Å²) < 4.78 is 0. The van der Waals surface area contributed by atoms with Crippen molar-refractivity contribution in [1.82, 2.24) is 5.32 Å². The van der Waals surface area contributed by atoms with Crippen LogP contribution in [0.1, 0.15) is 104 Å². The molecule has 6 nitrogen and oxygen atoms in total. The number of benzene rings is 2. The minimum absolute atomic E-state index is 0.0996. The van der Waals surface area contributed by atoms with Crippen LogP contribution in [0.25, 0.3) is 0 Å². The lowest BCUT2D eigenvalue weighted by Gasteiger charge is -2.12. The molecule has 2 amide bonds. The highest BCUT2D eigenvalue weighted by Gasteiger charge is 2.06. The van der Waals surface area contributed by atoms with Gasteiger partial charge in [-0.15, -0.1) is 0 Å². The van der Waals surface area contributed by atoms with Crippen molar-refractivity contribution >= 4 is 23.2 Å². The molecule has 0 unspecified atom stereocenters. The molecule has 2 aromatic carbocycles. The van der Waals surface area contributed by atoms with E-state index in [9.17, 15) is 9.59 Å². The van der Waals surface area contributed by atoms with Crippen LogP contribution in [-0.2, 0) is 4.79 Å². The highest BCUT2D eigenvalue weighted by molar-refractivity contribution is 6.04. The molecule has 0 saturated heterocycles. The van der Waals surface area contributed by atoms with Crippen LogP contribution in [0.15, 0.2) is 78.1 Å². The van der Waals surface area contributed by atoms with Gasteiger partial charge in [0.1, 0.15) is 0 Å². The predicted octanol–water partition coefficient (Wildman–Crippen LogP) is 8.19. The van der Waals surface area contributed by atoms with Gasteiger partial charge >= 0.3 is 0 Å². The highest BCUT2D eigenvalue weighted by Crippen LogP contribution is 2.13. The average Bonchev–Trinajstić information content (AvgIpc) is 2.89. The van der Waals surface area contributed by atoms with Crippen LogP contribution < -0.4 is 22.1 Å². The molecular formula is C32H52N4O2. The minimum atomic E-state index is -0.120. The Morgan fingerprint density at radius 2 is 1.24 bits per heavy atom. The van der Waals surface area contributed by atoms with Crippen molar-refractivity contribution in [2.24, 2.45) is 5.73 Å². The van der Waals surface area contributed by atoms with E-state index in [-0.39, 0.29) is 11.8 Å². The van der Waals surface area contributed by atoms with E-state index in [2.05, 4.69) is 52.2 Å². The second kappa shape index (κ2) is 25.1. The van der Waals surface area contributed by atoms with Gasteiger partial charge in [-0.05, 0) is 67.8 Å². The quantitative estimate of drug-likeness (QED) is 0.295. The molecular weight excluding hydrogens is 472 g/mol. The van der Waals surface area contributed by atoms with Crippen LogP contribution >= 0.6 is 0 Å². The zero-order valence-electron chi connectivity index (χ0n) is 24.8. The Bertz CT molecular complexity index is 915. The van der Waals surface area contributed by atoms with Crippen LogP contribution in [0, 0.1) is 0 Å². The minimum Gasteiger partial charge on any atom is -0.402 e. The summed E-state index contributed by atoms with van der Waals surface area (Å²) in [6.45, 7) is 14.7. The number of carbonyl (C=O) groups is 2. The van der Waals surface area contributed by atoms with Gasteiger partial charge < -0.3 is 22.1 Å². The smallest absolute Gasteiger partial charge is 0.255 e. The van der Waals surface area contributed by atoms with Crippen LogP contribution in [0.3, 0.4) is 0 Å². The molecule has 38 heavy (non-hydrogen) atoms. The van der Waals surface area contributed by atoms with E-state index in [1.54, 1.807) is 36.4 Å². The summed E-state index contributed by atoms with van der Waals surface area (Å²) in [5, 5.41) is 5.65. The Balaban J connectivity index is 0. The number of nitrogens with two attached hydrogens (primary N) is 2. The van der Waals surface area contributed by atoms with Crippen LogP contribution in [0.5, 0.6) is 0 Å². The van der Waals surface area contributed by atoms with Crippen molar-refractivity contribution < 1.29 is 9.59 Å².